The fraction of sp³-hybridized carbons (Fsp3) is 0.467. The van der Waals surface area contributed by atoms with Gasteiger partial charge in [0.1, 0.15) is 17.5 Å². The molecule has 0 bridgehead atoms. The second-order valence-corrected chi connectivity index (χ2v) is 9.40. The van der Waals surface area contributed by atoms with Gasteiger partial charge in [0.2, 0.25) is 11.8 Å². The number of β-lactam (4-membered cyclic amide) rings is 1. The first-order chi connectivity index (χ1) is 12.8. The van der Waals surface area contributed by atoms with Crippen molar-refractivity contribution in [1.29, 1.82) is 0 Å². The smallest absolute Gasteiger partial charge is 0.320 e. The molecule has 2 aliphatic rings. The van der Waals surface area contributed by atoms with Crippen LogP contribution in [0.25, 0.3) is 0 Å². The molecule has 2 fully saturated rings. The van der Waals surface area contributed by atoms with Crippen LogP contribution in [-0.2, 0) is 14.4 Å². The van der Waals surface area contributed by atoms with Crippen molar-refractivity contribution in [2.24, 2.45) is 0 Å². The molecular formula is C15H16N6O4S2. The van der Waals surface area contributed by atoms with Crippen LogP contribution in [0.5, 0.6) is 0 Å². The number of rotatable bonds is 5. The maximum absolute atomic E-state index is 12.7. The van der Waals surface area contributed by atoms with Gasteiger partial charge in [0, 0.05) is 4.75 Å². The maximum Gasteiger partial charge on any atom is 0.320 e. The number of carboxylic acid groups (broad SMARTS) is 1. The molecule has 12 heteroatoms. The van der Waals surface area contributed by atoms with Crippen molar-refractivity contribution in [3.63, 3.8) is 0 Å². The third-order valence-electron chi connectivity index (χ3n) is 4.73. The Morgan fingerprint density at radius 1 is 1.44 bits per heavy atom. The van der Waals surface area contributed by atoms with E-state index in [1.54, 1.807) is 21.7 Å². The van der Waals surface area contributed by atoms with Crippen LogP contribution in [0.3, 0.4) is 0 Å². The van der Waals surface area contributed by atoms with Gasteiger partial charge < -0.3 is 15.3 Å². The molecule has 2 amide bonds. The van der Waals surface area contributed by atoms with Gasteiger partial charge in [0.05, 0.1) is 0 Å². The summed E-state index contributed by atoms with van der Waals surface area (Å²) < 4.78 is -0.386. The zero-order valence-electron chi connectivity index (χ0n) is 14.3. The van der Waals surface area contributed by atoms with Crippen LogP contribution < -0.4 is 5.32 Å². The van der Waals surface area contributed by atoms with Crippen molar-refractivity contribution in [2.45, 2.75) is 42.0 Å². The number of fused-ring (bicyclic) bond motifs is 1. The van der Waals surface area contributed by atoms with Crippen LogP contribution >= 0.6 is 23.1 Å². The molecule has 10 nitrogen and oxygen atoms in total. The van der Waals surface area contributed by atoms with E-state index in [0.29, 0.717) is 11.4 Å². The molecule has 27 heavy (non-hydrogen) atoms. The van der Waals surface area contributed by atoms with Crippen LogP contribution in [0.2, 0.25) is 0 Å². The van der Waals surface area contributed by atoms with Crippen molar-refractivity contribution >= 4 is 40.9 Å². The van der Waals surface area contributed by atoms with Gasteiger partial charge in [-0.25, -0.2) is 0 Å². The van der Waals surface area contributed by atoms with Crippen molar-refractivity contribution in [3.8, 4) is 0 Å². The minimum Gasteiger partial charge on any atom is -0.480 e. The summed E-state index contributed by atoms with van der Waals surface area (Å²) in [6, 6.07) is 0.440. The SMILES string of the molecule is CC1(C)S[C@@H]2C(NC(=O)C(C(=O)O)c3ccsc3)C(=O)N2C1c1nn[nH]n1. The highest BCUT2D eigenvalue weighted by Gasteiger charge is 2.63. The van der Waals surface area contributed by atoms with E-state index in [1.165, 1.54) is 23.1 Å². The number of carboxylic acids is 1. The summed E-state index contributed by atoms with van der Waals surface area (Å²) in [7, 11) is 0. The number of H-pyrrole nitrogens is 1. The van der Waals surface area contributed by atoms with Crippen molar-refractivity contribution < 1.29 is 19.5 Å². The van der Waals surface area contributed by atoms with E-state index >= 15 is 0 Å². The highest BCUT2D eigenvalue weighted by atomic mass is 32.2. The molecule has 0 spiro atoms. The normalized spacial score (nSPS) is 27.0. The monoisotopic (exact) mass is 408 g/mol. The standard InChI is InChI=1S/C15H16N6O4S2/c1-15(2)9(10-17-19-20-18-10)21-12(23)8(13(21)27-15)16-11(22)7(14(24)25)6-3-4-26-5-6/h3-5,7-9,13H,1-2H3,(H,16,22)(H,24,25)(H,17,18,19,20)/t7?,8?,9?,13-/m1/s1. The number of carbonyl (C=O) groups is 3. The third kappa shape index (κ3) is 2.79. The summed E-state index contributed by atoms with van der Waals surface area (Å²) in [5.74, 6) is -3.16. The Bertz CT molecular complexity index is 884. The number of amides is 2. The Morgan fingerprint density at radius 2 is 2.22 bits per heavy atom. The van der Waals surface area contributed by atoms with Gasteiger partial charge in [-0.15, -0.1) is 22.0 Å². The molecule has 4 heterocycles. The summed E-state index contributed by atoms with van der Waals surface area (Å²) >= 11 is 2.83. The Balaban J connectivity index is 1.53. The highest BCUT2D eigenvalue weighted by Crippen LogP contribution is 2.56. The first-order valence-electron chi connectivity index (χ1n) is 8.10. The molecule has 0 aromatic carbocycles. The average Bonchev–Trinajstić information content (AvgIpc) is 3.32. The van der Waals surface area contributed by atoms with E-state index in [0.717, 1.165) is 0 Å². The van der Waals surface area contributed by atoms with Crippen LogP contribution in [0.1, 0.15) is 37.2 Å². The molecule has 0 radical (unpaired) electrons. The number of tetrazole rings is 1. The Hall–Kier alpha value is -2.47. The van der Waals surface area contributed by atoms with Gasteiger partial charge in [0.15, 0.2) is 11.7 Å². The lowest BCUT2D eigenvalue weighted by Gasteiger charge is -2.44. The largest absolute Gasteiger partial charge is 0.480 e. The van der Waals surface area contributed by atoms with Crippen molar-refractivity contribution in [2.75, 3.05) is 0 Å². The number of carbonyl (C=O) groups excluding carboxylic acids is 2. The van der Waals surface area contributed by atoms with Gasteiger partial charge in [-0.3, -0.25) is 14.4 Å². The number of aromatic amines is 1. The first-order valence-corrected chi connectivity index (χ1v) is 9.92. The van der Waals surface area contributed by atoms with E-state index < -0.39 is 23.8 Å². The summed E-state index contributed by atoms with van der Waals surface area (Å²) in [6.07, 6.45) is 0. The van der Waals surface area contributed by atoms with Gasteiger partial charge >= 0.3 is 5.97 Å². The maximum atomic E-state index is 12.7. The molecule has 142 valence electrons. The molecule has 3 N–H and O–H groups in total. The zero-order chi connectivity index (χ0) is 19.3. The molecule has 2 aromatic heterocycles. The van der Waals surface area contributed by atoms with E-state index in [2.05, 4.69) is 25.9 Å². The number of hydrogen-bond acceptors (Lipinski definition) is 8. The molecule has 2 aliphatic heterocycles. The number of hydrogen-bond donors (Lipinski definition) is 3. The van der Waals surface area contributed by atoms with Crippen LogP contribution in [0, 0.1) is 0 Å². The highest BCUT2D eigenvalue weighted by molar-refractivity contribution is 8.01. The van der Waals surface area contributed by atoms with Gasteiger partial charge in [-0.1, -0.05) is 5.21 Å². The molecule has 2 aromatic rings. The predicted molar refractivity (Wildman–Crippen MR) is 95.8 cm³/mol. The number of nitrogens with zero attached hydrogens (tertiary/aromatic N) is 4. The van der Waals surface area contributed by atoms with E-state index in [1.807, 2.05) is 13.8 Å². The first kappa shape index (κ1) is 17.9. The van der Waals surface area contributed by atoms with Gasteiger partial charge in [0.25, 0.3) is 0 Å². The minimum absolute atomic E-state index is 0.282. The number of aromatic nitrogens is 4. The molecule has 0 aliphatic carbocycles. The fourth-order valence-electron chi connectivity index (χ4n) is 3.53. The molecule has 0 saturated carbocycles. The lowest BCUT2D eigenvalue weighted by molar-refractivity contribution is -0.153. The number of nitrogens with one attached hydrogen (secondary N) is 2. The Labute approximate surface area is 161 Å². The van der Waals surface area contributed by atoms with E-state index in [-0.39, 0.29) is 22.1 Å². The summed E-state index contributed by atoms with van der Waals surface area (Å²) in [5, 5.41) is 29.0. The lowest BCUT2D eigenvalue weighted by Crippen LogP contribution is -2.68. The van der Waals surface area contributed by atoms with Gasteiger partial charge in [-0.05, 0) is 36.2 Å². The second-order valence-electron chi connectivity index (χ2n) is 6.84. The van der Waals surface area contributed by atoms with Crippen molar-refractivity contribution in [3.05, 3.63) is 28.2 Å². The minimum atomic E-state index is -1.34. The summed E-state index contributed by atoms with van der Waals surface area (Å²) in [6.45, 7) is 3.93. The molecule has 4 atom stereocenters. The molecule has 4 rings (SSSR count). The van der Waals surface area contributed by atoms with E-state index in [4.69, 9.17) is 0 Å². The second kappa shape index (κ2) is 6.30. The topological polar surface area (TPSA) is 141 Å². The van der Waals surface area contributed by atoms with Gasteiger partial charge in [-0.2, -0.15) is 16.6 Å². The van der Waals surface area contributed by atoms with Crippen molar-refractivity contribution in [1.82, 2.24) is 30.8 Å². The predicted octanol–water partition coefficient (Wildman–Crippen LogP) is 0.349. The lowest BCUT2D eigenvalue weighted by atomic mass is 9.94. The van der Waals surface area contributed by atoms with Crippen LogP contribution in [-0.4, -0.2) is 64.6 Å². The average molecular weight is 408 g/mol. The molecular weight excluding hydrogens is 392 g/mol. The fourth-order valence-corrected chi connectivity index (χ4v) is 5.85. The Morgan fingerprint density at radius 3 is 2.81 bits per heavy atom. The zero-order valence-corrected chi connectivity index (χ0v) is 16.0. The summed E-state index contributed by atoms with van der Waals surface area (Å²) in [4.78, 5) is 38.5. The van der Waals surface area contributed by atoms with Crippen LogP contribution in [0.15, 0.2) is 16.8 Å². The quantitative estimate of drug-likeness (QED) is 0.475. The summed E-state index contributed by atoms with van der Waals surface area (Å²) in [5.41, 5.74) is 0.401. The van der Waals surface area contributed by atoms with E-state index in [9.17, 15) is 19.5 Å². The van der Waals surface area contributed by atoms with Crippen LogP contribution in [0.4, 0.5) is 0 Å². The number of thiophene rings is 1. The number of aliphatic carboxylic acids is 1. The number of thioether (sulfide) groups is 1. The molecule has 2 saturated heterocycles. The molecule has 3 unspecified atom stereocenters. The Kier molecular flexibility index (Phi) is 4.18. The third-order valence-corrected chi connectivity index (χ3v) is 7.00.